The van der Waals surface area contributed by atoms with Crippen LogP contribution in [0, 0.1) is 17.8 Å². The minimum atomic E-state index is 0.610. The Balaban J connectivity index is 1.57. The van der Waals surface area contributed by atoms with E-state index in [2.05, 4.69) is 42.6 Å². The molecule has 3 unspecified atom stereocenters. The van der Waals surface area contributed by atoms with E-state index in [-0.39, 0.29) is 0 Å². The molecule has 0 bridgehead atoms. The third kappa shape index (κ3) is 3.60. The Kier molecular flexibility index (Phi) is 4.22. The molecule has 1 N–H and O–H groups in total. The Morgan fingerprint density at radius 2 is 1.89 bits per heavy atom. The second kappa shape index (κ2) is 6.09. The van der Waals surface area contributed by atoms with Gasteiger partial charge in [0.25, 0.3) is 0 Å². The minimum absolute atomic E-state index is 0.610. The molecule has 1 aromatic carbocycles. The fourth-order valence-electron chi connectivity index (χ4n) is 3.69. The number of hydrogen-bond acceptors (Lipinski definition) is 1. The number of nitrogens with one attached hydrogen (secondary N) is 1. The van der Waals surface area contributed by atoms with Gasteiger partial charge in [-0.05, 0) is 55.5 Å². The second-order valence-corrected chi connectivity index (χ2v) is 6.77. The highest BCUT2D eigenvalue weighted by Crippen LogP contribution is 2.41. The molecule has 2 fully saturated rings. The van der Waals surface area contributed by atoms with E-state index < -0.39 is 0 Å². The van der Waals surface area contributed by atoms with Gasteiger partial charge in [0.05, 0.1) is 0 Å². The molecule has 1 nitrogen and oxygen atoms in total. The van der Waals surface area contributed by atoms with Crippen LogP contribution in [0.2, 0.25) is 0 Å². The molecular formula is C18H27N. The number of rotatable bonds is 5. The van der Waals surface area contributed by atoms with Crippen molar-refractivity contribution in [2.45, 2.75) is 51.5 Å². The Labute approximate surface area is 117 Å². The molecule has 2 saturated carbocycles. The molecule has 0 aliphatic heterocycles. The van der Waals surface area contributed by atoms with Crippen LogP contribution in [-0.2, 0) is 0 Å². The van der Waals surface area contributed by atoms with Crippen LogP contribution in [0.3, 0.4) is 0 Å². The summed E-state index contributed by atoms with van der Waals surface area (Å²) in [7, 11) is 0. The summed E-state index contributed by atoms with van der Waals surface area (Å²) in [5, 5.41) is 3.89. The summed E-state index contributed by atoms with van der Waals surface area (Å²) in [6.45, 7) is 3.64. The first kappa shape index (κ1) is 13.2. The first-order chi connectivity index (χ1) is 9.33. The van der Waals surface area contributed by atoms with Gasteiger partial charge in [-0.3, -0.25) is 0 Å². The monoisotopic (exact) mass is 257 g/mol. The van der Waals surface area contributed by atoms with Crippen LogP contribution < -0.4 is 5.32 Å². The predicted octanol–water partition coefficient (Wildman–Crippen LogP) is 4.55. The molecule has 0 heterocycles. The van der Waals surface area contributed by atoms with Crippen LogP contribution in [0.1, 0.15) is 57.1 Å². The zero-order valence-corrected chi connectivity index (χ0v) is 12.1. The maximum atomic E-state index is 3.89. The van der Waals surface area contributed by atoms with Gasteiger partial charge < -0.3 is 5.32 Å². The quantitative estimate of drug-likeness (QED) is 0.815. The molecule has 0 aromatic heterocycles. The molecular weight excluding hydrogens is 230 g/mol. The predicted molar refractivity (Wildman–Crippen MR) is 81.0 cm³/mol. The van der Waals surface area contributed by atoms with E-state index in [0.29, 0.717) is 6.04 Å². The van der Waals surface area contributed by atoms with Gasteiger partial charge in [0, 0.05) is 6.04 Å². The second-order valence-electron chi connectivity index (χ2n) is 6.77. The van der Waals surface area contributed by atoms with Gasteiger partial charge in [-0.2, -0.15) is 0 Å². The van der Waals surface area contributed by atoms with E-state index in [4.69, 9.17) is 0 Å². The van der Waals surface area contributed by atoms with E-state index in [1.54, 1.807) is 0 Å². The lowest BCUT2D eigenvalue weighted by Gasteiger charge is -2.29. The van der Waals surface area contributed by atoms with Crippen molar-refractivity contribution in [1.82, 2.24) is 5.32 Å². The van der Waals surface area contributed by atoms with Crippen molar-refractivity contribution >= 4 is 0 Å². The molecule has 0 spiro atoms. The number of hydrogen-bond donors (Lipinski definition) is 1. The molecule has 104 valence electrons. The summed E-state index contributed by atoms with van der Waals surface area (Å²) in [6, 6.07) is 11.7. The summed E-state index contributed by atoms with van der Waals surface area (Å²) in [5.74, 6) is 2.74. The van der Waals surface area contributed by atoms with Gasteiger partial charge in [0.2, 0.25) is 0 Å². The maximum absolute atomic E-state index is 3.89. The maximum Gasteiger partial charge on any atom is 0.0348 e. The van der Waals surface area contributed by atoms with Crippen molar-refractivity contribution < 1.29 is 0 Å². The fraction of sp³-hybridized carbons (Fsp3) is 0.667. The lowest BCUT2D eigenvalue weighted by atomic mass is 9.82. The largest absolute Gasteiger partial charge is 0.309 e. The molecule has 0 saturated heterocycles. The van der Waals surface area contributed by atoms with E-state index in [9.17, 15) is 0 Å². The average Bonchev–Trinajstić information content (AvgIpc) is 3.25. The number of benzene rings is 1. The standard InChI is InChI=1S/C18H27N/c1-14-6-5-7-15(12-14)13-19-18(17-10-11-17)16-8-3-2-4-9-16/h2-4,8-9,14-15,17-19H,5-7,10-13H2,1H3. The van der Waals surface area contributed by atoms with Crippen LogP contribution in [-0.4, -0.2) is 6.54 Å². The minimum Gasteiger partial charge on any atom is -0.309 e. The van der Waals surface area contributed by atoms with Crippen molar-refractivity contribution in [3.05, 3.63) is 35.9 Å². The lowest BCUT2D eigenvalue weighted by Crippen LogP contribution is -2.31. The Morgan fingerprint density at radius 3 is 2.58 bits per heavy atom. The summed E-state index contributed by atoms with van der Waals surface area (Å²) >= 11 is 0. The van der Waals surface area contributed by atoms with Gasteiger partial charge in [-0.25, -0.2) is 0 Å². The van der Waals surface area contributed by atoms with E-state index in [1.807, 2.05) is 0 Å². The van der Waals surface area contributed by atoms with Crippen LogP contribution in [0.4, 0.5) is 0 Å². The molecule has 1 aromatic rings. The Hall–Kier alpha value is -0.820. The Bertz CT molecular complexity index is 382. The van der Waals surface area contributed by atoms with Crippen LogP contribution >= 0.6 is 0 Å². The van der Waals surface area contributed by atoms with Crippen LogP contribution in [0.5, 0.6) is 0 Å². The van der Waals surface area contributed by atoms with Crippen LogP contribution in [0.15, 0.2) is 30.3 Å². The molecule has 3 rings (SSSR count). The molecule has 3 atom stereocenters. The third-order valence-electron chi connectivity index (χ3n) is 4.92. The molecule has 0 radical (unpaired) electrons. The van der Waals surface area contributed by atoms with Crippen molar-refractivity contribution in [1.29, 1.82) is 0 Å². The van der Waals surface area contributed by atoms with Crippen molar-refractivity contribution in [3.63, 3.8) is 0 Å². The van der Waals surface area contributed by atoms with Gasteiger partial charge >= 0.3 is 0 Å². The van der Waals surface area contributed by atoms with E-state index in [1.165, 1.54) is 50.6 Å². The van der Waals surface area contributed by atoms with Crippen molar-refractivity contribution in [2.75, 3.05) is 6.54 Å². The molecule has 2 aliphatic rings. The molecule has 19 heavy (non-hydrogen) atoms. The fourth-order valence-corrected chi connectivity index (χ4v) is 3.69. The zero-order chi connectivity index (χ0) is 13.1. The zero-order valence-electron chi connectivity index (χ0n) is 12.1. The summed E-state index contributed by atoms with van der Waals surface area (Å²) in [6.07, 6.45) is 8.57. The van der Waals surface area contributed by atoms with Gasteiger partial charge in [0.1, 0.15) is 0 Å². The summed E-state index contributed by atoms with van der Waals surface area (Å²) < 4.78 is 0. The van der Waals surface area contributed by atoms with Crippen LogP contribution in [0.25, 0.3) is 0 Å². The van der Waals surface area contributed by atoms with E-state index >= 15 is 0 Å². The Morgan fingerprint density at radius 1 is 1.11 bits per heavy atom. The van der Waals surface area contributed by atoms with E-state index in [0.717, 1.165) is 17.8 Å². The average molecular weight is 257 g/mol. The highest BCUT2D eigenvalue weighted by atomic mass is 14.9. The molecule has 1 heteroatoms. The summed E-state index contributed by atoms with van der Waals surface area (Å²) in [4.78, 5) is 0. The highest BCUT2D eigenvalue weighted by Gasteiger charge is 2.32. The first-order valence-electron chi connectivity index (χ1n) is 8.11. The summed E-state index contributed by atoms with van der Waals surface area (Å²) in [5.41, 5.74) is 1.49. The third-order valence-corrected chi connectivity index (χ3v) is 4.92. The topological polar surface area (TPSA) is 12.0 Å². The van der Waals surface area contributed by atoms with Gasteiger partial charge in [0.15, 0.2) is 0 Å². The lowest BCUT2D eigenvalue weighted by molar-refractivity contribution is 0.263. The van der Waals surface area contributed by atoms with Gasteiger partial charge in [-0.15, -0.1) is 0 Å². The molecule has 0 amide bonds. The van der Waals surface area contributed by atoms with Crippen molar-refractivity contribution in [3.8, 4) is 0 Å². The van der Waals surface area contributed by atoms with Gasteiger partial charge in [-0.1, -0.05) is 50.1 Å². The SMILES string of the molecule is CC1CCCC(CNC(c2ccccc2)C2CC2)C1. The molecule has 2 aliphatic carbocycles. The van der Waals surface area contributed by atoms with Crippen molar-refractivity contribution in [2.24, 2.45) is 17.8 Å². The highest BCUT2D eigenvalue weighted by molar-refractivity contribution is 5.21. The smallest absolute Gasteiger partial charge is 0.0348 e. The normalized spacial score (nSPS) is 29.1. The first-order valence-corrected chi connectivity index (χ1v) is 8.11.